The van der Waals surface area contributed by atoms with E-state index in [9.17, 15) is 0 Å². The van der Waals surface area contributed by atoms with Crippen molar-refractivity contribution in [2.75, 3.05) is 48.8 Å². The van der Waals surface area contributed by atoms with Crippen LogP contribution in [0.1, 0.15) is 11.1 Å². The van der Waals surface area contributed by atoms with Crippen LogP contribution in [0.25, 0.3) is 0 Å². The average molecular weight is 390 g/mol. The molecule has 0 radical (unpaired) electrons. The van der Waals surface area contributed by atoms with Crippen molar-refractivity contribution in [3.63, 3.8) is 0 Å². The monoisotopic (exact) mass is 389 g/mol. The number of rotatable bonds is 5. The van der Waals surface area contributed by atoms with Gasteiger partial charge in [-0.1, -0.05) is 6.07 Å². The summed E-state index contributed by atoms with van der Waals surface area (Å²) in [6.07, 6.45) is 1.62. The maximum absolute atomic E-state index is 4.53. The minimum atomic E-state index is 0.465. The SMILES string of the molecule is Cc1cc(C)cc(Nc2cnnc(Nc3ccc(N4CCN(C)CC4)cc3)n2)c1. The number of benzene rings is 2. The first-order valence-corrected chi connectivity index (χ1v) is 9.91. The highest BCUT2D eigenvalue weighted by Gasteiger charge is 2.14. The van der Waals surface area contributed by atoms with Gasteiger partial charge in [0.05, 0.1) is 6.20 Å². The molecule has 0 spiro atoms. The van der Waals surface area contributed by atoms with Gasteiger partial charge < -0.3 is 20.4 Å². The van der Waals surface area contributed by atoms with Gasteiger partial charge in [-0.05, 0) is 68.4 Å². The molecule has 4 rings (SSSR count). The van der Waals surface area contributed by atoms with Crippen molar-refractivity contribution in [1.82, 2.24) is 20.1 Å². The van der Waals surface area contributed by atoms with E-state index in [1.54, 1.807) is 6.20 Å². The fourth-order valence-corrected chi connectivity index (χ4v) is 3.56. The van der Waals surface area contributed by atoms with Crippen LogP contribution in [0, 0.1) is 13.8 Å². The maximum atomic E-state index is 4.53. The van der Waals surface area contributed by atoms with Crippen LogP contribution in [0.2, 0.25) is 0 Å². The topological polar surface area (TPSA) is 69.2 Å². The minimum absolute atomic E-state index is 0.465. The molecule has 0 atom stereocenters. The highest BCUT2D eigenvalue weighted by atomic mass is 15.3. The van der Waals surface area contributed by atoms with Gasteiger partial charge in [-0.2, -0.15) is 10.1 Å². The molecule has 0 aliphatic carbocycles. The van der Waals surface area contributed by atoms with Gasteiger partial charge in [0.15, 0.2) is 5.82 Å². The molecule has 7 heteroatoms. The van der Waals surface area contributed by atoms with Crippen LogP contribution in [0.15, 0.2) is 48.7 Å². The highest BCUT2D eigenvalue weighted by molar-refractivity contribution is 5.62. The molecule has 2 aromatic carbocycles. The summed E-state index contributed by atoms with van der Waals surface area (Å²) in [5, 5.41) is 14.7. The Labute approximate surface area is 171 Å². The van der Waals surface area contributed by atoms with E-state index >= 15 is 0 Å². The van der Waals surface area contributed by atoms with Gasteiger partial charge in [-0.15, -0.1) is 5.10 Å². The van der Waals surface area contributed by atoms with Gasteiger partial charge in [-0.25, -0.2) is 0 Å². The lowest BCUT2D eigenvalue weighted by atomic mass is 10.1. The smallest absolute Gasteiger partial charge is 0.249 e. The van der Waals surface area contributed by atoms with E-state index in [-0.39, 0.29) is 0 Å². The second-order valence-corrected chi connectivity index (χ2v) is 7.63. The van der Waals surface area contributed by atoms with Gasteiger partial charge in [-0.3, -0.25) is 0 Å². The summed E-state index contributed by atoms with van der Waals surface area (Å²) in [6.45, 7) is 8.47. The van der Waals surface area contributed by atoms with Gasteiger partial charge in [0.1, 0.15) is 0 Å². The molecule has 1 fully saturated rings. The third-order valence-corrected chi connectivity index (χ3v) is 5.04. The molecule has 2 heterocycles. The second-order valence-electron chi connectivity index (χ2n) is 7.63. The number of aromatic nitrogens is 3. The van der Waals surface area contributed by atoms with Crippen LogP contribution >= 0.6 is 0 Å². The molecule has 1 aliphatic heterocycles. The lowest BCUT2D eigenvalue weighted by molar-refractivity contribution is 0.313. The fraction of sp³-hybridized carbons (Fsp3) is 0.318. The minimum Gasteiger partial charge on any atom is -0.369 e. The van der Waals surface area contributed by atoms with Crippen molar-refractivity contribution in [2.45, 2.75) is 13.8 Å². The summed E-state index contributed by atoms with van der Waals surface area (Å²) in [7, 11) is 2.17. The van der Waals surface area contributed by atoms with E-state index in [1.165, 1.54) is 16.8 Å². The zero-order valence-electron chi connectivity index (χ0n) is 17.2. The van der Waals surface area contributed by atoms with Crippen molar-refractivity contribution < 1.29 is 0 Å². The third-order valence-electron chi connectivity index (χ3n) is 5.04. The Morgan fingerprint density at radius 2 is 1.52 bits per heavy atom. The molecule has 3 aromatic rings. The quantitative estimate of drug-likeness (QED) is 0.689. The number of hydrogen-bond acceptors (Lipinski definition) is 7. The molecule has 7 nitrogen and oxygen atoms in total. The van der Waals surface area contributed by atoms with E-state index in [0.717, 1.165) is 37.6 Å². The van der Waals surface area contributed by atoms with Crippen LogP contribution in [0.5, 0.6) is 0 Å². The zero-order chi connectivity index (χ0) is 20.2. The van der Waals surface area contributed by atoms with E-state index in [0.29, 0.717) is 11.8 Å². The van der Waals surface area contributed by atoms with Crippen LogP contribution < -0.4 is 15.5 Å². The predicted octanol–water partition coefficient (Wildman–Crippen LogP) is 3.73. The largest absolute Gasteiger partial charge is 0.369 e. The predicted molar refractivity (Wildman–Crippen MR) is 118 cm³/mol. The molecule has 2 N–H and O–H groups in total. The van der Waals surface area contributed by atoms with Gasteiger partial charge in [0, 0.05) is 43.2 Å². The van der Waals surface area contributed by atoms with Crippen LogP contribution in [-0.2, 0) is 0 Å². The number of nitrogens with zero attached hydrogens (tertiary/aromatic N) is 5. The molecule has 0 unspecified atom stereocenters. The van der Waals surface area contributed by atoms with E-state index in [4.69, 9.17) is 0 Å². The maximum Gasteiger partial charge on any atom is 0.249 e. The molecule has 1 aliphatic rings. The molecule has 0 bridgehead atoms. The molecular weight excluding hydrogens is 362 g/mol. The molecule has 1 aromatic heterocycles. The van der Waals surface area contributed by atoms with E-state index in [2.05, 4.69) is 99.0 Å². The van der Waals surface area contributed by atoms with Crippen LogP contribution in [-0.4, -0.2) is 53.3 Å². The van der Waals surface area contributed by atoms with Crippen molar-refractivity contribution in [3.8, 4) is 0 Å². The number of hydrogen-bond donors (Lipinski definition) is 2. The summed E-state index contributed by atoms with van der Waals surface area (Å²) in [6, 6.07) is 14.7. The molecule has 0 amide bonds. The lowest BCUT2D eigenvalue weighted by Crippen LogP contribution is -2.44. The van der Waals surface area contributed by atoms with Gasteiger partial charge >= 0.3 is 0 Å². The molecule has 29 heavy (non-hydrogen) atoms. The van der Waals surface area contributed by atoms with Crippen molar-refractivity contribution >= 4 is 28.8 Å². The fourth-order valence-electron chi connectivity index (χ4n) is 3.56. The summed E-state index contributed by atoms with van der Waals surface area (Å²) in [5.74, 6) is 1.12. The summed E-state index contributed by atoms with van der Waals surface area (Å²) < 4.78 is 0. The Morgan fingerprint density at radius 3 is 2.21 bits per heavy atom. The first kappa shape index (κ1) is 19.1. The average Bonchev–Trinajstić information content (AvgIpc) is 2.69. The van der Waals surface area contributed by atoms with Crippen molar-refractivity contribution in [1.29, 1.82) is 0 Å². The Kier molecular flexibility index (Phi) is 5.57. The number of nitrogens with one attached hydrogen (secondary N) is 2. The van der Waals surface area contributed by atoms with Crippen molar-refractivity contribution in [3.05, 3.63) is 59.8 Å². The summed E-state index contributed by atoms with van der Waals surface area (Å²) >= 11 is 0. The van der Waals surface area contributed by atoms with Crippen molar-refractivity contribution in [2.24, 2.45) is 0 Å². The van der Waals surface area contributed by atoms with E-state index < -0.39 is 0 Å². The standard InChI is InChI=1S/C22H27N7/c1-16-12-17(2)14-19(13-16)24-21-15-23-27-22(26-21)25-18-4-6-20(7-5-18)29-10-8-28(3)9-11-29/h4-7,12-15H,8-11H2,1-3H3,(H2,24,25,26,27). The van der Waals surface area contributed by atoms with Crippen LogP contribution in [0.3, 0.4) is 0 Å². The number of aryl methyl sites for hydroxylation is 2. The number of likely N-dealkylation sites (N-methyl/N-ethyl adjacent to an activating group) is 1. The highest BCUT2D eigenvalue weighted by Crippen LogP contribution is 2.22. The second kappa shape index (κ2) is 8.45. The normalized spacial score (nSPS) is 14.7. The first-order valence-electron chi connectivity index (χ1n) is 9.91. The number of anilines is 5. The zero-order valence-corrected chi connectivity index (χ0v) is 17.2. The molecule has 150 valence electrons. The first-order chi connectivity index (χ1) is 14.0. The lowest BCUT2D eigenvalue weighted by Gasteiger charge is -2.34. The summed E-state index contributed by atoms with van der Waals surface area (Å²) in [4.78, 5) is 9.30. The third kappa shape index (κ3) is 5.00. The Balaban J connectivity index is 1.42. The van der Waals surface area contributed by atoms with Gasteiger partial charge in [0.25, 0.3) is 0 Å². The molecule has 0 saturated carbocycles. The molecular formula is C22H27N7. The van der Waals surface area contributed by atoms with Crippen LogP contribution in [0.4, 0.5) is 28.8 Å². The molecule has 1 saturated heterocycles. The Morgan fingerprint density at radius 1 is 0.828 bits per heavy atom. The van der Waals surface area contributed by atoms with E-state index in [1.807, 2.05) is 0 Å². The Bertz CT molecular complexity index is 943. The summed E-state index contributed by atoms with van der Waals surface area (Å²) in [5.41, 5.74) is 5.58. The number of piperazine rings is 1. The van der Waals surface area contributed by atoms with Gasteiger partial charge in [0.2, 0.25) is 5.95 Å². The Hall–Kier alpha value is -3.19.